The van der Waals surface area contributed by atoms with Gasteiger partial charge in [0, 0.05) is 89.1 Å². The third-order valence-electron chi connectivity index (χ3n) is 20.8. The Morgan fingerprint density at radius 2 is 1.49 bits per heavy atom. The number of aliphatic hydroxyl groups excluding tert-OH is 1. The maximum absolute atomic E-state index is 14.5. The maximum atomic E-state index is 14.5. The van der Waals surface area contributed by atoms with Crippen LogP contribution in [0.25, 0.3) is 0 Å². The van der Waals surface area contributed by atoms with Gasteiger partial charge in [-0.15, -0.1) is 0 Å². The summed E-state index contributed by atoms with van der Waals surface area (Å²) in [4.78, 5) is 104. The average molecular weight is 1330 g/mol. The molecule has 12 rings (SSSR count). The number of Topliss-reactive ketones (excluding diaryl/α,β-unsaturated/α-hetero) is 1. The second kappa shape index (κ2) is 30.7. The van der Waals surface area contributed by atoms with Gasteiger partial charge in [-0.3, -0.25) is 24.0 Å². The minimum atomic E-state index is -1.14. The van der Waals surface area contributed by atoms with Crippen molar-refractivity contribution in [1.82, 2.24) is 26.6 Å². The van der Waals surface area contributed by atoms with E-state index in [-0.39, 0.29) is 138 Å². The van der Waals surface area contributed by atoms with Crippen LogP contribution in [0.1, 0.15) is 142 Å². The third kappa shape index (κ3) is 16.9. The highest BCUT2D eigenvalue weighted by molar-refractivity contribution is 5.99. The second-order valence-electron chi connectivity index (χ2n) is 28.2. The average Bonchev–Trinajstić information content (AvgIpc) is 1.55. The number of esters is 1. The first-order valence-corrected chi connectivity index (χ1v) is 34.3. The van der Waals surface area contributed by atoms with E-state index in [1.807, 2.05) is 0 Å². The predicted octanol–water partition coefficient (Wildman–Crippen LogP) is 3.88. The number of benzene rings is 1. The minimum Gasteiger partial charge on any atom is -0.464 e. The lowest BCUT2D eigenvalue weighted by molar-refractivity contribution is -0.292. The van der Waals surface area contributed by atoms with Crippen molar-refractivity contribution in [3.05, 3.63) is 54.1 Å². The summed E-state index contributed by atoms with van der Waals surface area (Å²) in [5.74, 6) is -5.38. The van der Waals surface area contributed by atoms with Crippen LogP contribution < -0.4 is 37.6 Å². The number of amides is 7. The van der Waals surface area contributed by atoms with Crippen molar-refractivity contribution in [1.29, 1.82) is 0 Å². The summed E-state index contributed by atoms with van der Waals surface area (Å²) in [6.45, 7) is 16.0. The monoisotopic (exact) mass is 1330 g/mol. The van der Waals surface area contributed by atoms with Crippen LogP contribution in [0, 0.1) is 23.7 Å². The maximum Gasteiger partial charge on any atom is 0.407 e. The van der Waals surface area contributed by atoms with Crippen molar-refractivity contribution in [2.45, 2.75) is 265 Å². The van der Waals surface area contributed by atoms with Gasteiger partial charge in [-0.25, -0.2) is 14.4 Å². The molecule has 9 N–H and O–H groups in total. The predicted molar refractivity (Wildman–Crippen MR) is 337 cm³/mol. The van der Waals surface area contributed by atoms with Gasteiger partial charge >= 0.3 is 18.1 Å². The van der Waals surface area contributed by atoms with Gasteiger partial charge in [-0.2, -0.15) is 0 Å². The number of aliphatic hydroxyl groups is 1. The Hall–Kier alpha value is -6.14. The zero-order valence-corrected chi connectivity index (χ0v) is 55.1. The molecule has 0 aromatic heterocycles. The molecule has 1 spiro atoms. The molecule has 27 nitrogen and oxygen atoms in total. The molecular formula is C68H97N7O20. The van der Waals surface area contributed by atoms with Crippen LogP contribution in [0.3, 0.4) is 0 Å². The summed E-state index contributed by atoms with van der Waals surface area (Å²) in [6, 6.07) is 2.64. The largest absolute Gasteiger partial charge is 0.464 e. The molecule has 27 heteroatoms. The number of hydrogen-bond donors (Lipinski definition) is 8. The molecule has 23 atom stereocenters. The van der Waals surface area contributed by atoms with Gasteiger partial charge in [-0.05, 0) is 98.5 Å². The van der Waals surface area contributed by atoms with Gasteiger partial charge in [0.05, 0.1) is 73.8 Å². The van der Waals surface area contributed by atoms with Gasteiger partial charge in [0.25, 0.3) is 0 Å². The van der Waals surface area contributed by atoms with Crippen molar-refractivity contribution in [3.63, 3.8) is 0 Å². The number of ketones is 1. The molecule has 1 aromatic rings. The molecule has 0 radical (unpaired) electrons. The summed E-state index contributed by atoms with van der Waals surface area (Å²) in [6.07, 6.45) is 0.771. The molecule has 524 valence electrons. The van der Waals surface area contributed by atoms with Crippen molar-refractivity contribution in [2.24, 2.45) is 29.4 Å². The molecule has 12 bridgehead atoms. The lowest BCUT2D eigenvalue weighted by Gasteiger charge is -2.47. The number of carbonyl (C=O) groups is 8. The highest BCUT2D eigenvalue weighted by Gasteiger charge is 2.69. The van der Waals surface area contributed by atoms with E-state index in [0.29, 0.717) is 49.8 Å². The molecule has 11 aliphatic heterocycles. The van der Waals surface area contributed by atoms with E-state index in [0.717, 1.165) is 43.3 Å². The van der Waals surface area contributed by atoms with E-state index >= 15 is 0 Å². The smallest absolute Gasteiger partial charge is 0.407 e. The number of rotatable bonds is 21. The van der Waals surface area contributed by atoms with Crippen LogP contribution in [0.5, 0.6) is 0 Å². The second-order valence-corrected chi connectivity index (χ2v) is 28.2. The number of alkyl carbamates (subject to hydrolysis) is 1. The normalized spacial score (nSPS) is 36.2. The van der Waals surface area contributed by atoms with Crippen LogP contribution in [0.15, 0.2) is 48.6 Å². The van der Waals surface area contributed by atoms with Gasteiger partial charge in [0.15, 0.2) is 5.79 Å². The fourth-order valence-corrected chi connectivity index (χ4v) is 15.7. The molecule has 0 saturated carbocycles. The first-order valence-electron chi connectivity index (χ1n) is 34.3. The number of cyclic esters (lactones) is 1. The first kappa shape index (κ1) is 70.2. The lowest BCUT2D eigenvalue weighted by atomic mass is 9.81. The summed E-state index contributed by atoms with van der Waals surface area (Å²) in [5.41, 5.74) is 8.18. The fourth-order valence-electron chi connectivity index (χ4n) is 15.7. The topological polar surface area (TPSA) is 357 Å². The fraction of sp³-hybridized carbons (Fsp3) is 0.735. The summed E-state index contributed by atoms with van der Waals surface area (Å²) >= 11 is 0. The number of nitrogens with two attached hydrogens (primary N) is 1. The van der Waals surface area contributed by atoms with Gasteiger partial charge < -0.3 is 94.8 Å². The van der Waals surface area contributed by atoms with Crippen LogP contribution >= 0.6 is 0 Å². The number of fused-ring (bicyclic) bond motifs is 6. The van der Waals surface area contributed by atoms with Crippen molar-refractivity contribution in [3.8, 4) is 0 Å². The quantitative estimate of drug-likeness (QED) is 0.0492. The highest BCUT2D eigenvalue weighted by atomic mass is 16.8. The van der Waals surface area contributed by atoms with Crippen molar-refractivity contribution < 1.29 is 95.6 Å². The molecule has 11 heterocycles. The number of anilines is 1. The SMILES string of the molecule is C=C1C[C@@H]2CC[C@@]34C[C@H]5O[C@H]6[C@@H](O3)[C@H]3O[C@H](CC[C@@H]3O[C@H]6[C@H]5O4)CC(=O)C[C@@H]3[C@@H](OC)[C@@H](C[C@H](O)CNC(=O)OCc4ccc(NC(=O)[C@H](CCCNC(N)=O)NC(=O)[C@@H](NC(=O)[C@@H](C)CC(=O)N[C@H]5CCOC5=O)C(C)C)cc4)O[C@H]3C[C@H]3O[C@@H](CC[C@@H]1O2)C[C@@H](C)C3=C. The molecule has 95 heavy (non-hydrogen) atoms. The number of ether oxygens (including phenoxy) is 11. The van der Waals surface area contributed by atoms with E-state index in [1.54, 1.807) is 45.2 Å². The zero-order chi connectivity index (χ0) is 67.4. The minimum absolute atomic E-state index is 0.00877. The Morgan fingerprint density at radius 1 is 0.758 bits per heavy atom. The summed E-state index contributed by atoms with van der Waals surface area (Å²) in [5, 5.41) is 27.4. The number of nitrogens with one attached hydrogen (secondary N) is 6. The summed E-state index contributed by atoms with van der Waals surface area (Å²) < 4.78 is 71.2. The summed E-state index contributed by atoms with van der Waals surface area (Å²) in [7, 11) is 1.58. The van der Waals surface area contributed by atoms with E-state index in [2.05, 4.69) is 52.0 Å². The molecule has 11 aliphatic rings. The molecule has 11 fully saturated rings. The van der Waals surface area contributed by atoms with Gasteiger partial charge in [0.1, 0.15) is 61.0 Å². The van der Waals surface area contributed by atoms with E-state index in [4.69, 9.17) is 57.8 Å². The standard InChI is InChI=1S/C68H97N7O20/c1-33(2)55(75-62(79)36(5)25-54(78)73-47-19-22-86-65(47)82)64(81)74-46(9-8-21-70-66(69)83)63(80)72-39-12-10-38(11-13-39)32-87-67(84)71-31-41(77)28-52-56(85-7)45-27-40(76)26-43-15-17-49-57(90-43)61-60-59(92-49)58-53(93-60)30-68(94-58,95-61)20-18-44-24-35(4)48(88-44)16-14-42-23-34(3)37(6)50(89-42)29-51(45)91-52/h10-13,33-34,36,41-53,55-61,77H,4,6,8-9,14-32H2,1-3,5,7H3,(H,71,84)(H,72,80)(H,73,78)(H,74,81)(H,75,79)(H3,69,70,83)/t34-,36+,41+,42+,43-,44+,45+,46+,47+,48+,49+,50-,51+,52-,53-,55+,56-,57+,58+,59+,60-,61+,68+/m1/s1. The molecule has 11 saturated heterocycles. The molecule has 0 unspecified atom stereocenters. The van der Waals surface area contributed by atoms with E-state index in [1.165, 1.54) is 6.92 Å². The number of carbonyl (C=O) groups excluding carboxylic acids is 8. The van der Waals surface area contributed by atoms with Crippen molar-refractivity contribution >= 4 is 53.2 Å². The number of urea groups is 1. The van der Waals surface area contributed by atoms with Crippen LogP contribution in [0.4, 0.5) is 15.3 Å². The third-order valence-corrected chi connectivity index (χ3v) is 20.8. The van der Waals surface area contributed by atoms with Crippen LogP contribution in [-0.2, 0) is 87.5 Å². The number of primary amides is 1. The molecule has 7 amide bonds. The zero-order valence-electron chi connectivity index (χ0n) is 55.1. The number of methoxy groups -OCH3 is 1. The number of hydrogen-bond acceptors (Lipinski definition) is 20. The first-order chi connectivity index (χ1) is 45.5. The van der Waals surface area contributed by atoms with E-state index in [9.17, 15) is 43.5 Å². The van der Waals surface area contributed by atoms with Gasteiger partial charge in [0.2, 0.25) is 23.6 Å². The Morgan fingerprint density at radius 3 is 2.24 bits per heavy atom. The van der Waals surface area contributed by atoms with Crippen molar-refractivity contribution in [2.75, 3.05) is 32.1 Å². The molecule has 0 aliphatic carbocycles. The lowest BCUT2D eigenvalue weighted by Crippen LogP contribution is -2.61. The van der Waals surface area contributed by atoms with Crippen LogP contribution in [-0.4, -0.2) is 201 Å². The highest BCUT2D eigenvalue weighted by Crippen LogP contribution is 2.54. The Kier molecular flexibility index (Phi) is 22.7. The Bertz CT molecular complexity index is 2990. The van der Waals surface area contributed by atoms with E-state index < -0.39 is 120 Å². The van der Waals surface area contributed by atoms with Gasteiger partial charge in [-0.1, -0.05) is 53.0 Å². The molecular weight excluding hydrogens is 1230 g/mol. The Balaban J connectivity index is 0.683. The molecule has 1 aromatic carbocycles. The van der Waals surface area contributed by atoms with Crippen LogP contribution in [0.2, 0.25) is 0 Å². The Labute approximate surface area is 554 Å².